The highest BCUT2D eigenvalue weighted by Crippen LogP contribution is 2.33. The Morgan fingerprint density at radius 2 is 2.17 bits per heavy atom. The molecular formula is C19H19N5. The molecule has 0 radical (unpaired) electrons. The molecule has 1 saturated heterocycles. The average molecular weight is 317 g/mol. The number of rotatable bonds is 2. The number of nitriles is 1. The Morgan fingerprint density at radius 1 is 1.29 bits per heavy atom. The summed E-state index contributed by atoms with van der Waals surface area (Å²) in [6.45, 7) is 3.81. The van der Waals surface area contributed by atoms with E-state index in [1.807, 2.05) is 37.3 Å². The van der Waals surface area contributed by atoms with Crippen LogP contribution < -0.4 is 4.90 Å². The highest BCUT2D eigenvalue weighted by molar-refractivity contribution is 5.87. The van der Waals surface area contributed by atoms with Gasteiger partial charge in [0, 0.05) is 36.3 Å². The molecule has 1 aromatic carbocycles. The molecule has 0 saturated carbocycles. The summed E-state index contributed by atoms with van der Waals surface area (Å²) in [7, 11) is 0. The van der Waals surface area contributed by atoms with Crippen LogP contribution in [0.3, 0.4) is 0 Å². The van der Waals surface area contributed by atoms with E-state index in [2.05, 4.69) is 21.2 Å². The molecule has 1 aliphatic heterocycles. The van der Waals surface area contributed by atoms with Crippen LogP contribution >= 0.6 is 0 Å². The SMILES string of the molecule is Cc1c(C#N)c(N2CCCC(c3ccn[nH]3)C2)nc2ccccc12. The van der Waals surface area contributed by atoms with Gasteiger partial charge >= 0.3 is 0 Å². The van der Waals surface area contributed by atoms with Crippen molar-refractivity contribution in [2.45, 2.75) is 25.7 Å². The number of pyridine rings is 1. The van der Waals surface area contributed by atoms with Gasteiger partial charge in [-0.3, -0.25) is 5.10 Å². The second-order valence-corrected chi connectivity index (χ2v) is 6.36. The first-order chi connectivity index (χ1) is 11.8. The number of hydrogen-bond donors (Lipinski definition) is 1. The number of piperidine rings is 1. The predicted octanol–water partition coefficient (Wildman–Crippen LogP) is 3.52. The normalized spacial score (nSPS) is 17.8. The fraction of sp³-hybridized carbons (Fsp3) is 0.316. The van der Waals surface area contributed by atoms with E-state index in [1.54, 1.807) is 6.20 Å². The first-order valence-corrected chi connectivity index (χ1v) is 8.31. The maximum absolute atomic E-state index is 9.71. The zero-order valence-corrected chi connectivity index (χ0v) is 13.7. The first kappa shape index (κ1) is 14.7. The van der Waals surface area contributed by atoms with Gasteiger partial charge in [0.15, 0.2) is 0 Å². The van der Waals surface area contributed by atoms with Gasteiger partial charge in [-0.2, -0.15) is 10.4 Å². The van der Waals surface area contributed by atoms with Crippen LogP contribution in [0.5, 0.6) is 0 Å². The Balaban J connectivity index is 1.77. The molecule has 5 nitrogen and oxygen atoms in total. The van der Waals surface area contributed by atoms with E-state index in [9.17, 15) is 5.26 Å². The molecule has 1 atom stereocenters. The average Bonchev–Trinajstić information content (AvgIpc) is 3.16. The topological polar surface area (TPSA) is 68.6 Å². The van der Waals surface area contributed by atoms with Crippen molar-refractivity contribution in [3.05, 3.63) is 53.3 Å². The molecular weight excluding hydrogens is 298 g/mol. The summed E-state index contributed by atoms with van der Waals surface area (Å²) >= 11 is 0. The Kier molecular flexibility index (Phi) is 3.66. The van der Waals surface area contributed by atoms with Crippen molar-refractivity contribution in [2.75, 3.05) is 18.0 Å². The van der Waals surface area contributed by atoms with E-state index in [0.29, 0.717) is 11.5 Å². The van der Waals surface area contributed by atoms with E-state index in [-0.39, 0.29) is 0 Å². The van der Waals surface area contributed by atoms with Crippen LogP contribution in [0.4, 0.5) is 5.82 Å². The first-order valence-electron chi connectivity index (χ1n) is 8.31. The van der Waals surface area contributed by atoms with Crippen molar-refractivity contribution in [1.82, 2.24) is 15.2 Å². The number of H-pyrrole nitrogens is 1. The van der Waals surface area contributed by atoms with Crippen LogP contribution in [0.2, 0.25) is 0 Å². The fourth-order valence-corrected chi connectivity index (χ4v) is 3.64. The molecule has 0 amide bonds. The standard InChI is InChI=1S/C19H19N5/c1-13-15-6-2-3-7-18(15)22-19(16(13)11-20)24-10-4-5-14(12-24)17-8-9-21-23-17/h2-3,6-9,14H,4-5,10,12H2,1H3,(H,21,23). The minimum atomic E-state index is 0.404. The van der Waals surface area contributed by atoms with Crippen molar-refractivity contribution < 1.29 is 0 Å². The lowest BCUT2D eigenvalue weighted by Gasteiger charge is -2.34. The van der Waals surface area contributed by atoms with Gasteiger partial charge in [-0.25, -0.2) is 4.98 Å². The van der Waals surface area contributed by atoms with E-state index in [1.165, 1.54) is 0 Å². The van der Waals surface area contributed by atoms with Gasteiger partial charge in [-0.1, -0.05) is 18.2 Å². The maximum atomic E-state index is 9.71. The third-order valence-corrected chi connectivity index (χ3v) is 4.93. The monoisotopic (exact) mass is 317 g/mol. The van der Waals surface area contributed by atoms with Gasteiger partial charge in [0.05, 0.1) is 11.1 Å². The highest BCUT2D eigenvalue weighted by Gasteiger charge is 2.26. The molecule has 0 aliphatic carbocycles. The summed E-state index contributed by atoms with van der Waals surface area (Å²) < 4.78 is 0. The molecule has 5 heteroatoms. The summed E-state index contributed by atoms with van der Waals surface area (Å²) in [6, 6.07) is 12.5. The van der Waals surface area contributed by atoms with Crippen LogP contribution in [-0.4, -0.2) is 28.3 Å². The zero-order valence-electron chi connectivity index (χ0n) is 13.7. The number of fused-ring (bicyclic) bond motifs is 1. The number of aromatic amines is 1. The van der Waals surface area contributed by atoms with Crippen LogP contribution in [0, 0.1) is 18.3 Å². The van der Waals surface area contributed by atoms with Gasteiger partial charge in [0.25, 0.3) is 0 Å². The van der Waals surface area contributed by atoms with E-state index >= 15 is 0 Å². The lowest BCUT2D eigenvalue weighted by atomic mass is 9.94. The second-order valence-electron chi connectivity index (χ2n) is 6.36. The number of anilines is 1. The number of aryl methyl sites for hydroxylation is 1. The number of benzene rings is 1. The summed E-state index contributed by atoms with van der Waals surface area (Å²) in [6.07, 6.45) is 4.02. The van der Waals surface area contributed by atoms with Crippen molar-refractivity contribution in [1.29, 1.82) is 5.26 Å². The fourth-order valence-electron chi connectivity index (χ4n) is 3.64. The molecule has 1 unspecified atom stereocenters. The van der Waals surface area contributed by atoms with Gasteiger partial charge < -0.3 is 4.90 Å². The minimum Gasteiger partial charge on any atom is -0.355 e. The number of nitrogens with one attached hydrogen (secondary N) is 1. The van der Waals surface area contributed by atoms with Gasteiger partial charge in [0.1, 0.15) is 11.9 Å². The number of nitrogens with zero attached hydrogens (tertiary/aromatic N) is 4. The molecule has 3 heterocycles. The lowest BCUT2D eigenvalue weighted by Crippen LogP contribution is -2.35. The van der Waals surface area contributed by atoms with E-state index in [0.717, 1.165) is 53.9 Å². The summed E-state index contributed by atoms with van der Waals surface area (Å²) in [5.41, 5.74) is 3.82. The van der Waals surface area contributed by atoms with Gasteiger partial charge in [-0.15, -0.1) is 0 Å². The molecule has 4 rings (SSSR count). The van der Waals surface area contributed by atoms with Gasteiger partial charge in [0.2, 0.25) is 0 Å². The van der Waals surface area contributed by atoms with Crippen molar-refractivity contribution in [3.8, 4) is 6.07 Å². The molecule has 120 valence electrons. The van der Waals surface area contributed by atoms with Crippen LogP contribution in [0.1, 0.15) is 35.6 Å². The van der Waals surface area contributed by atoms with Crippen LogP contribution in [-0.2, 0) is 0 Å². The molecule has 24 heavy (non-hydrogen) atoms. The Morgan fingerprint density at radius 3 is 2.96 bits per heavy atom. The molecule has 0 bridgehead atoms. The largest absolute Gasteiger partial charge is 0.355 e. The lowest BCUT2D eigenvalue weighted by molar-refractivity contribution is 0.498. The van der Waals surface area contributed by atoms with Crippen molar-refractivity contribution >= 4 is 16.7 Å². The Bertz CT molecular complexity index is 907. The molecule has 1 N–H and O–H groups in total. The van der Waals surface area contributed by atoms with Crippen LogP contribution in [0.15, 0.2) is 36.5 Å². The van der Waals surface area contributed by atoms with Crippen molar-refractivity contribution in [3.63, 3.8) is 0 Å². The Hall–Kier alpha value is -2.87. The van der Waals surface area contributed by atoms with E-state index < -0.39 is 0 Å². The second kappa shape index (κ2) is 5.97. The molecule has 0 spiro atoms. The maximum Gasteiger partial charge on any atom is 0.147 e. The number of para-hydroxylation sites is 1. The summed E-state index contributed by atoms with van der Waals surface area (Å²) in [5, 5.41) is 17.9. The predicted molar refractivity (Wildman–Crippen MR) is 94.0 cm³/mol. The van der Waals surface area contributed by atoms with Gasteiger partial charge in [-0.05, 0) is 37.5 Å². The quantitative estimate of drug-likeness (QED) is 0.785. The van der Waals surface area contributed by atoms with E-state index in [4.69, 9.17) is 4.98 Å². The molecule has 1 aliphatic rings. The van der Waals surface area contributed by atoms with Crippen molar-refractivity contribution in [2.24, 2.45) is 0 Å². The summed E-state index contributed by atoms with van der Waals surface area (Å²) in [4.78, 5) is 7.08. The summed E-state index contributed by atoms with van der Waals surface area (Å²) in [5.74, 6) is 1.22. The number of aromatic nitrogens is 3. The third-order valence-electron chi connectivity index (χ3n) is 4.93. The van der Waals surface area contributed by atoms with Crippen LogP contribution in [0.25, 0.3) is 10.9 Å². The molecule has 3 aromatic rings. The minimum absolute atomic E-state index is 0.404. The zero-order chi connectivity index (χ0) is 16.5. The third kappa shape index (κ3) is 2.41. The highest BCUT2D eigenvalue weighted by atomic mass is 15.2. The smallest absolute Gasteiger partial charge is 0.147 e. The Labute approximate surface area is 140 Å². The molecule has 2 aromatic heterocycles. The number of hydrogen-bond acceptors (Lipinski definition) is 4. The molecule has 1 fully saturated rings.